The van der Waals surface area contributed by atoms with Gasteiger partial charge < -0.3 is 15.3 Å². The molecule has 13 heavy (non-hydrogen) atoms. The highest BCUT2D eigenvalue weighted by atomic mass is 16.5. The average Bonchev–Trinajstić information content (AvgIpc) is 1.97. The van der Waals surface area contributed by atoms with Crippen molar-refractivity contribution in [3.05, 3.63) is 0 Å². The van der Waals surface area contributed by atoms with Crippen LogP contribution in [0.2, 0.25) is 0 Å². The fourth-order valence-corrected chi connectivity index (χ4v) is 0.517. The first-order valence-electron chi connectivity index (χ1n) is 4.11. The van der Waals surface area contributed by atoms with Crippen LogP contribution in [0.25, 0.3) is 0 Å². The number of ether oxygens (including phenoxy) is 1. The number of rotatable bonds is 5. The highest BCUT2D eigenvalue weighted by Crippen LogP contribution is 1.96. The third-order valence-corrected chi connectivity index (χ3v) is 1.06. The van der Waals surface area contributed by atoms with E-state index < -0.39 is 11.6 Å². The molecule has 0 rings (SSSR count). The molecule has 0 bridgehead atoms. The van der Waals surface area contributed by atoms with Gasteiger partial charge in [-0.2, -0.15) is 5.10 Å². The molecular formula is C8H16N2O3. The van der Waals surface area contributed by atoms with E-state index in [0.29, 0.717) is 6.61 Å². The van der Waals surface area contributed by atoms with Crippen molar-refractivity contribution in [1.82, 2.24) is 5.43 Å². The lowest BCUT2D eigenvalue weighted by molar-refractivity contribution is -0.134. The molecule has 5 nitrogen and oxygen atoms in total. The zero-order valence-electron chi connectivity index (χ0n) is 8.20. The SMILES string of the molecule is CCOC(=O)/C=N/NCC(C)(C)O. The minimum absolute atomic E-state index is 0.281. The fourth-order valence-electron chi connectivity index (χ4n) is 0.517. The van der Waals surface area contributed by atoms with E-state index in [-0.39, 0.29) is 6.54 Å². The van der Waals surface area contributed by atoms with Crippen LogP contribution in [0.15, 0.2) is 5.10 Å². The maximum Gasteiger partial charge on any atom is 0.351 e. The largest absolute Gasteiger partial charge is 0.462 e. The predicted molar refractivity (Wildman–Crippen MR) is 49.4 cm³/mol. The summed E-state index contributed by atoms with van der Waals surface area (Å²) in [5.41, 5.74) is 1.69. The summed E-state index contributed by atoms with van der Waals surface area (Å²) < 4.78 is 4.58. The molecule has 0 aromatic carbocycles. The molecule has 0 aliphatic rings. The van der Waals surface area contributed by atoms with Crippen molar-refractivity contribution in [2.24, 2.45) is 5.10 Å². The Balaban J connectivity index is 3.58. The van der Waals surface area contributed by atoms with E-state index >= 15 is 0 Å². The van der Waals surface area contributed by atoms with Gasteiger partial charge in [-0.3, -0.25) is 0 Å². The Morgan fingerprint density at radius 2 is 2.31 bits per heavy atom. The van der Waals surface area contributed by atoms with Crippen LogP contribution in [-0.2, 0) is 9.53 Å². The molecule has 0 fully saturated rings. The van der Waals surface area contributed by atoms with Gasteiger partial charge >= 0.3 is 5.97 Å². The molecule has 2 N–H and O–H groups in total. The van der Waals surface area contributed by atoms with Gasteiger partial charge in [-0.1, -0.05) is 0 Å². The summed E-state index contributed by atoms with van der Waals surface area (Å²) >= 11 is 0. The summed E-state index contributed by atoms with van der Waals surface area (Å²) in [6.45, 7) is 5.61. The number of hydrogen-bond donors (Lipinski definition) is 2. The van der Waals surface area contributed by atoms with Crippen molar-refractivity contribution in [1.29, 1.82) is 0 Å². The van der Waals surface area contributed by atoms with Crippen LogP contribution in [0.4, 0.5) is 0 Å². The maximum atomic E-state index is 10.7. The molecule has 0 atom stereocenters. The average molecular weight is 188 g/mol. The molecule has 0 saturated heterocycles. The van der Waals surface area contributed by atoms with E-state index in [0.717, 1.165) is 6.21 Å². The normalized spacial score (nSPS) is 11.7. The Hall–Kier alpha value is -1.10. The number of hydrogen-bond acceptors (Lipinski definition) is 5. The molecule has 0 aromatic rings. The lowest BCUT2D eigenvalue weighted by atomic mass is 10.1. The summed E-state index contributed by atoms with van der Waals surface area (Å²) in [5.74, 6) is -0.495. The number of hydrazone groups is 1. The van der Waals surface area contributed by atoms with Crippen LogP contribution in [0.5, 0.6) is 0 Å². The molecule has 0 unspecified atom stereocenters. The smallest absolute Gasteiger partial charge is 0.351 e. The van der Waals surface area contributed by atoms with Gasteiger partial charge in [-0.05, 0) is 20.8 Å². The first kappa shape index (κ1) is 11.9. The molecule has 0 saturated carbocycles. The minimum Gasteiger partial charge on any atom is -0.462 e. The summed E-state index contributed by atoms with van der Waals surface area (Å²) in [6, 6.07) is 0. The van der Waals surface area contributed by atoms with Crippen LogP contribution >= 0.6 is 0 Å². The highest BCUT2D eigenvalue weighted by Gasteiger charge is 2.10. The van der Waals surface area contributed by atoms with Crippen molar-refractivity contribution in [2.75, 3.05) is 13.2 Å². The second-order valence-corrected chi connectivity index (χ2v) is 3.16. The van der Waals surface area contributed by atoms with Gasteiger partial charge in [-0.25, -0.2) is 4.79 Å². The molecule has 5 heteroatoms. The molecule has 0 radical (unpaired) electrons. The van der Waals surface area contributed by atoms with E-state index in [2.05, 4.69) is 15.3 Å². The van der Waals surface area contributed by atoms with Crippen molar-refractivity contribution < 1.29 is 14.6 Å². The van der Waals surface area contributed by atoms with E-state index in [9.17, 15) is 9.90 Å². The summed E-state index contributed by atoms with van der Waals surface area (Å²) in [6.07, 6.45) is 1.04. The Morgan fingerprint density at radius 3 is 2.77 bits per heavy atom. The molecule has 0 heterocycles. The second-order valence-electron chi connectivity index (χ2n) is 3.16. The van der Waals surface area contributed by atoms with Gasteiger partial charge in [0.05, 0.1) is 18.8 Å². The van der Waals surface area contributed by atoms with Crippen molar-refractivity contribution >= 4 is 12.2 Å². The van der Waals surface area contributed by atoms with Crippen molar-refractivity contribution in [3.8, 4) is 0 Å². The Labute approximate surface area is 77.8 Å². The molecule has 0 amide bonds. The topological polar surface area (TPSA) is 70.9 Å². The Bertz CT molecular complexity index is 184. The van der Waals surface area contributed by atoms with Crippen LogP contribution in [0, 0.1) is 0 Å². The molecule has 76 valence electrons. The van der Waals surface area contributed by atoms with E-state index in [1.807, 2.05) is 0 Å². The van der Waals surface area contributed by atoms with Gasteiger partial charge in [0.15, 0.2) is 0 Å². The number of nitrogens with zero attached hydrogens (tertiary/aromatic N) is 1. The first-order valence-corrected chi connectivity index (χ1v) is 4.11. The summed E-state index contributed by atoms with van der Waals surface area (Å²) in [4.78, 5) is 10.7. The first-order chi connectivity index (χ1) is 5.95. The highest BCUT2D eigenvalue weighted by molar-refractivity contribution is 6.23. The van der Waals surface area contributed by atoms with Gasteiger partial charge in [0.1, 0.15) is 6.21 Å². The number of carbonyl (C=O) groups excluding carboxylic acids is 1. The number of esters is 1. The second kappa shape index (κ2) is 5.53. The van der Waals surface area contributed by atoms with Crippen LogP contribution in [-0.4, -0.2) is 36.0 Å². The van der Waals surface area contributed by atoms with Gasteiger partial charge in [0.2, 0.25) is 0 Å². The monoisotopic (exact) mass is 188 g/mol. The van der Waals surface area contributed by atoms with E-state index in [4.69, 9.17) is 0 Å². The summed E-state index contributed by atoms with van der Waals surface area (Å²) in [7, 11) is 0. The Kier molecular flexibility index (Phi) is 5.06. The minimum atomic E-state index is -0.841. The third-order valence-electron chi connectivity index (χ3n) is 1.06. The van der Waals surface area contributed by atoms with Crippen molar-refractivity contribution in [3.63, 3.8) is 0 Å². The van der Waals surface area contributed by atoms with Crippen molar-refractivity contribution in [2.45, 2.75) is 26.4 Å². The van der Waals surface area contributed by atoms with Crippen LogP contribution < -0.4 is 5.43 Å². The lowest BCUT2D eigenvalue weighted by Gasteiger charge is -2.15. The van der Waals surface area contributed by atoms with E-state index in [1.165, 1.54) is 0 Å². The zero-order valence-corrected chi connectivity index (χ0v) is 8.20. The quantitative estimate of drug-likeness (QED) is 0.359. The predicted octanol–water partition coefficient (Wildman–Crippen LogP) is -0.104. The molecule has 0 aromatic heterocycles. The summed E-state index contributed by atoms with van der Waals surface area (Å²) in [5, 5.41) is 12.8. The molecular weight excluding hydrogens is 172 g/mol. The number of aliphatic hydroxyl groups is 1. The van der Waals surface area contributed by atoms with Gasteiger partial charge in [0, 0.05) is 0 Å². The number of carbonyl (C=O) groups is 1. The standard InChI is InChI=1S/C8H16N2O3/c1-4-13-7(11)5-9-10-6-8(2,3)12/h5,10,12H,4,6H2,1-3H3/b9-5+. The molecule has 0 spiro atoms. The van der Waals surface area contributed by atoms with Gasteiger partial charge in [-0.15, -0.1) is 0 Å². The third kappa shape index (κ3) is 8.81. The Morgan fingerprint density at radius 1 is 1.69 bits per heavy atom. The number of nitrogens with one attached hydrogen (secondary N) is 1. The fraction of sp³-hybridized carbons (Fsp3) is 0.750. The van der Waals surface area contributed by atoms with Gasteiger partial charge in [0.25, 0.3) is 0 Å². The molecule has 0 aliphatic heterocycles. The molecule has 0 aliphatic carbocycles. The lowest BCUT2D eigenvalue weighted by Crippen LogP contribution is -2.32. The van der Waals surface area contributed by atoms with E-state index in [1.54, 1.807) is 20.8 Å². The maximum absolute atomic E-state index is 10.7. The van der Waals surface area contributed by atoms with Crippen LogP contribution in [0.1, 0.15) is 20.8 Å². The van der Waals surface area contributed by atoms with Crippen LogP contribution in [0.3, 0.4) is 0 Å². The zero-order chi connectivity index (χ0) is 10.3.